The smallest absolute Gasteiger partial charge is 0.265 e. The fourth-order valence-electron chi connectivity index (χ4n) is 3.57. The second-order valence-electron chi connectivity index (χ2n) is 7.95. The normalized spacial score (nSPS) is 20.2. The molecule has 0 saturated heterocycles. The standard InChI is InChI=1S/C24H25NO5/c1-16-21(29-19-11-5-4-10-18(19)28-16)23(26)25-13-6-7-14-27-20-12-8-9-17-15-24(2,3)30-22(17)20/h4-5,8-12,16,21H,13-15H2,1-3H3,(H,25,26). The zero-order valence-corrected chi connectivity index (χ0v) is 17.4. The summed E-state index contributed by atoms with van der Waals surface area (Å²) in [5.41, 5.74) is 0.920. The molecule has 2 aliphatic rings. The number of benzene rings is 2. The maximum atomic E-state index is 12.4. The Morgan fingerprint density at radius 3 is 2.70 bits per heavy atom. The summed E-state index contributed by atoms with van der Waals surface area (Å²) in [7, 11) is 0. The fraction of sp³-hybridized carbons (Fsp3) is 0.375. The van der Waals surface area contributed by atoms with Gasteiger partial charge in [0.15, 0.2) is 23.0 Å². The Morgan fingerprint density at radius 2 is 1.90 bits per heavy atom. The zero-order valence-electron chi connectivity index (χ0n) is 17.4. The van der Waals surface area contributed by atoms with Crippen molar-refractivity contribution in [1.82, 2.24) is 5.32 Å². The maximum Gasteiger partial charge on any atom is 0.265 e. The first-order valence-electron chi connectivity index (χ1n) is 10.0. The minimum Gasteiger partial charge on any atom is -0.483 e. The molecule has 2 heterocycles. The third-order valence-corrected chi connectivity index (χ3v) is 4.93. The van der Waals surface area contributed by atoms with Crippen LogP contribution in [-0.4, -0.2) is 36.9 Å². The number of carbonyl (C=O) groups is 1. The Labute approximate surface area is 176 Å². The van der Waals surface area contributed by atoms with Crippen molar-refractivity contribution in [3.8, 4) is 34.8 Å². The Balaban J connectivity index is 1.26. The summed E-state index contributed by atoms with van der Waals surface area (Å²) in [5.74, 6) is 8.25. The monoisotopic (exact) mass is 407 g/mol. The van der Waals surface area contributed by atoms with Crippen LogP contribution in [0.2, 0.25) is 0 Å². The molecule has 0 bridgehead atoms. The van der Waals surface area contributed by atoms with Gasteiger partial charge in [0.1, 0.15) is 18.3 Å². The Morgan fingerprint density at radius 1 is 1.13 bits per heavy atom. The molecule has 0 fully saturated rings. The number of carbonyl (C=O) groups excluding carboxylic acids is 1. The van der Waals surface area contributed by atoms with E-state index in [9.17, 15) is 4.79 Å². The third-order valence-electron chi connectivity index (χ3n) is 4.93. The molecule has 2 aliphatic heterocycles. The average molecular weight is 407 g/mol. The summed E-state index contributed by atoms with van der Waals surface area (Å²) in [4.78, 5) is 12.4. The number of para-hydroxylation sites is 3. The first-order valence-corrected chi connectivity index (χ1v) is 10.0. The predicted molar refractivity (Wildman–Crippen MR) is 112 cm³/mol. The van der Waals surface area contributed by atoms with Gasteiger partial charge in [-0.05, 0) is 39.0 Å². The van der Waals surface area contributed by atoms with Crippen LogP contribution in [0.15, 0.2) is 42.5 Å². The van der Waals surface area contributed by atoms with Crippen molar-refractivity contribution in [3.05, 3.63) is 48.0 Å². The van der Waals surface area contributed by atoms with Gasteiger partial charge in [0, 0.05) is 12.0 Å². The van der Waals surface area contributed by atoms with E-state index >= 15 is 0 Å². The first-order chi connectivity index (χ1) is 14.4. The minimum atomic E-state index is -0.717. The third kappa shape index (κ3) is 4.30. The molecule has 0 aliphatic carbocycles. The van der Waals surface area contributed by atoms with E-state index in [0.29, 0.717) is 17.2 Å². The van der Waals surface area contributed by atoms with E-state index in [4.69, 9.17) is 18.9 Å². The molecule has 1 amide bonds. The van der Waals surface area contributed by atoms with Crippen molar-refractivity contribution >= 4 is 5.91 Å². The summed E-state index contributed by atoms with van der Waals surface area (Å²) < 4.78 is 23.3. The minimum absolute atomic E-state index is 0.201. The number of ether oxygens (including phenoxy) is 4. The van der Waals surface area contributed by atoms with Gasteiger partial charge >= 0.3 is 0 Å². The van der Waals surface area contributed by atoms with Gasteiger partial charge in [-0.1, -0.05) is 36.1 Å². The summed E-state index contributed by atoms with van der Waals surface area (Å²) in [6.07, 6.45) is -0.251. The number of nitrogens with one attached hydrogen (secondary N) is 1. The topological polar surface area (TPSA) is 66.0 Å². The van der Waals surface area contributed by atoms with Crippen LogP contribution in [0.4, 0.5) is 0 Å². The van der Waals surface area contributed by atoms with Crippen LogP contribution in [-0.2, 0) is 11.2 Å². The summed E-state index contributed by atoms with van der Waals surface area (Å²) in [6, 6.07) is 13.2. The summed E-state index contributed by atoms with van der Waals surface area (Å²) >= 11 is 0. The van der Waals surface area contributed by atoms with E-state index in [1.165, 1.54) is 0 Å². The molecule has 0 aromatic heterocycles. The molecule has 30 heavy (non-hydrogen) atoms. The molecule has 0 radical (unpaired) electrons. The summed E-state index contributed by atoms with van der Waals surface area (Å²) in [6.45, 7) is 6.33. The molecule has 156 valence electrons. The predicted octanol–water partition coefficient (Wildman–Crippen LogP) is 3.13. The van der Waals surface area contributed by atoms with Crippen molar-refractivity contribution in [2.75, 3.05) is 13.2 Å². The number of hydrogen-bond acceptors (Lipinski definition) is 5. The van der Waals surface area contributed by atoms with Gasteiger partial charge in [0.2, 0.25) is 6.10 Å². The lowest BCUT2D eigenvalue weighted by molar-refractivity contribution is -0.133. The SMILES string of the molecule is CC1Oc2ccccc2OC1C(=O)NCC#CCOc1cccc2c1OC(C)(C)C2. The van der Waals surface area contributed by atoms with Crippen LogP contribution < -0.4 is 24.3 Å². The second kappa shape index (κ2) is 8.19. The molecule has 6 nitrogen and oxygen atoms in total. The zero-order chi connectivity index (χ0) is 21.1. The van der Waals surface area contributed by atoms with Gasteiger partial charge in [-0.25, -0.2) is 0 Å². The van der Waals surface area contributed by atoms with Crippen molar-refractivity contribution in [2.24, 2.45) is 0 Å². The van der Waals surface area contributed by atoms with Crippen molar-refractivity contribution in [1.29, 1.82) is 0 Å². The van der Waals surface area contributed by atoms with E-state index in [2.05, 4.69) is 37.1 Å². The Bertz CT molecular complexity index is 1000. The lowest BCUT2D eigenvalue weighted by Gasteiger charge is -2.30. The van der Waals surface area contributed by atoms with Crippen LogP contribution in [0, 0.1) is 11.8 Å². The maximum absolute atomic E-state index is 12.4. The van der Waals surface area contributed by atoms with Gasteiger partial charge in [-0.15, -0.1) is 0 Å². The van der Waals surface area contributed by atoms with Gasteiger partial charge in [-0.3, -0.25) is 4.79 Å². The first kappa shape index (κ1) is 20.0. The molecule has 2 unspecified atom stereocenters. The van der Waals surface area contributed by atoms with Gasteiger partial charge < -0.3 is 24.3 Å². The van der Waals surface area contributed by atoms with E-state index in [1.807, 2.05) is 30.3 Å². The van der Waals surface area contributed by atoms with Gasteiger partial charge in [0.05, 0.1) is 6.54 Å². The van der Waals surface area contributed by atoms with E-state index in [-0.39, 0.29) is 30.8 Å². The molecule has 0 saturated carbocycles. The number of hydrogen-bond donors (Lipinski definition) is 1. The second-order valence-corrected chi connectivity index (χ2v) is 7.95. The lowest BCUT2D eigenvalue weighted by atomic mass is 10.0. The summed E-state index contributed by atoms with van der Waals surface area (Å²) in [5, 5.41) is 2.77. The molecule has 0 spiro atoms. The molecular weight excluding hydrogens is 382 g/mol. The quantitative estimate of drug-likeness (QED) is 0.789. The Kier molecular flexibility index (Phi) is 5.45. The molecule has 2 aromatic rings. The van der Waals surface area contributed by atoms with Crippen LogP contribution in [0.25, 0.3) is 0 Å². The van der Waals surface area contributed by atoms with Gasteiger partial charge in [0.25, 0.3) is 5.91 Å². The Hall–Kier alpha value is -3.33. The molecule has 2 aromatic carbocycles. The molecule has 2 atom stereocenters. The van der Waals surface area contributed by atoms with Gasteiger partial charge in [-0.2, -0.15) is 0 Å². The van der Waals surface area contributed by atoms with E-state index in [0.717, 1.165) is 17.7 Å². The van der Waals surface area contributed by atoms with Crippen molar-refractivity contribution in [2.45, 2.75) is 45.0 Å². The highest BCUT2D eigenvalue weighted by molar-refractivity contribution is 5.82. The number of fused-ring (bicyclic) bond motifs is 2. The molecule has 1 N–H and O–H groups in total. The van der Waals surface area contributed by atoms with E-state index in [1.54, 1.807) is 13.0 Å². The lowest BCUT2D eigenvalue weighted by Crippen LogP contribution is -2.49. The van der Waals surface area contributed by atoms with Crippen LogP contribution >= 0.6 is 0 Å². The van der Waals surface area contributed by atoms with Crippen molar-refractivity contribution in [3.63, 3.8) is 0 Å². The van der Waals surface area contributed by atoms with Crippen molar-refractivity contribution < 1.29 is 23.7 Å². The highest BCUT2D eigenvalue weighted by Crippen LogP contribution is 2.41. The van der Waals surface area contributed by atoms with Crippen LogP contribution in [0.3, 0.4) is 0 Å². The average Bonchev–Trinajstić information content (AvgIpc) is 3.04. The number of amides is 1. The van der Waals surface area contributed by atoms with Crippen LogP contribution in [0.5, 0.6) is 23.0 Å². The number of rotatable bonds is 4. The molecule has 4 rings (SSSR count). The largest absolute Gasteiger partial charge is 0.483 e. The molecule has 6 heteroatoms. The van der Waals surface area contributed by atoms with E-state index < -0.39 is 6.10 Å². The van der Waals surface area contributed by atoms with Crippen LogP contribution in [0.1, 0.15) is 26.3 Å². The highest BCUT2D eigenvalue weighted by atomic mass is 16.6. The fourth-order valence-corrected chi connectivity index (χ4v) is 3.57. The highest BCUT2D eigenvalue weighted by Gasteiger charge is 2.34. The molecular formula is C24H25NO5.